The third-order valence-electron chi connectivity index (χ3n) is 0. The summed E-state index contributed by atoms with van der Waals surface area (Å²) in [5.41, 5.74) is 0. The van der Waals surface area contributed by atoms with Crippen molar-refractivity contribution in [2.45, 2.75) is 15.4 Å². The van der Waals surface area contributed by atoms with E-state index in [0.29, 0.717) is 0 Å². The monoisotopic (exact) mass is 311 g/mol. The molecule has 0 aromatic rings. The van der Waals surface area contributed by atoms with Crippen LogP contribution in [0.4, 0.5) is 0 Å². The Kier molecular flexibility index (Phi) is 6.02. The molecule has 0 saturated carbocycles. The molecule has 0 aliphatic rings. The summed E-state index contributed by atoms with van der Waals surface area (Å²) >= 11 is -1.42. The predicted octanol–water partition coefficient (Wildman–Crippen LogP) is 2.50. The molecule has 0 aromatic heterocycles. The minimum atomic E-state index is -1.42. The molecule has 47 valence electrons. The van der Waals surface area contributed by atoms with Gasteiger partial charge in [-0.1, -0.05) is 0 Å². The van der Waals surface area contributed by atoms with Crippen LogP contribution in [0.3, 0.4) is 0 Å². The van der Waals surface area contributed by atoms with Crippen LogP contribution in [0.2, 0.25) is 15.4 Å². The fourth-order valence-electron chi connectivity index (χ4n) is 0. The Hall–Kier alpha value is 1.46. The molecule has 0 heterocycles. The summed E-state index contributed by atoms with van der Waals surface area (Å²) in [6.07, 6.45) is 0. The fourth-order valence-corrected chi connectivity index (χ4v) is 0. The first kappa shape index (κ1) is 10.4. The Balaban J connectivity index is 0. The van der Waals surface area contributed by atoms with Gasteiger partial charge in [-0.25, -0.2) is 0 Å². The number of hydrogen-bond acceptors (Lipinski definition) is 0. The molecule has 0 saturated heterocycles. The van der Waals surface area contributed by atoms with E-state index in [1.807, 2.05) is 0 Å². The molecule has 0 nitrogen and oxygen atoms in total. The van der Waals surface area contributed by atoms with E-state index in [1.165, 1.54) is 0 Å². The summed E-state index contributed by atoms with van der Waals surface area (Å²) in [5, 5.41) is 6.38. The van der Waals surface area contributed by atoms with Crippen LogP contribution < -0.4 is 0 Å². The van der Waals surface area contributed by atoms with Crippen LogP contribution in [0.5, 0.6) is 0 Å². The van der Waals surface area contributed by atoms with Gasteiger partial charge in [-0.2, -0.15) is 9.90 Å². The van der Waals surface area contributed by atoms with E-state index < -0.39 is 16.0 Å². The van der Waals surface area contributed by atoms with Crippen molar-refractivity contribution < 1.29 is 16.0 Å². The first-order chi connectivity index (χ1) is 2.00. The summed E-state index contributed by atoms with van der Waals surface area (Å²) in [4.78, 5) is 0. The van der Waals surface area contributed by atoms with E-state index in [1.54, 1.807) is 0 Å². The van der Waals surface area contributed by atoms with E-state index in [-0.39, 0.29) is 9.90 Å². The zero-order valence-electron chi connectivity index (χ0n) is 4.39. The second kappa shape index (κ2) is 3.46. The molecule has 0 N–H and O–H groups in total. The van der Waals surface area contributed by atoms with Gasteiger partial charge >= 0.3 is 40.7 Å². The van der Waals surface area contributed by atoms with Gasteiger partial charge in [0.2, 0.25) is 0 Å². The Bertz CT molecular complexity index is 26.3. The van der Waals surface area contributed by atoms with Crippen LogP contribution in [0, 0.1) is 0 Å². The summed E-state index contributed by atoms with van der Waals surface area (Å²) in [6.45, 7) is 0. The van der Waals surface area contributed by atoms with Crippen molar-refractivity contribution >= 4 is 19.1 Å². The van der Waals surface area contributed by atoms with Gasteiger partial charge in [-0.3, -0.25) is 0 Å². The maximum atomic E-state index is 5.70. The van der Waals surface area contributed by atoms with Gasteiger partial charge < -0.3 is 0 Å². The van der Waals surface area contributed by atoms with Crippen LogP contribution in [0.15, 0.2) is 0 Å². The molecular formula is C3H12AuClP. The molecule has 6 heavy (non-hydrogen) atoms. The van der Waals surface area contributed by atoms with Crippen molar-refractivity contribution in [2.24, 2.45) is 0 Å². The first-order valence-corrected chi connectivity index (χ1v) is 10.2. The average molecular weight is 312 g/mol. The van der Waals surface area contributed by atoms with Gasteiger partial charge in [0.05, 0.1) is 0 Å². The molecule has 0 radical (unpaired) electrons. The molecule has 0 aromatic carbocycles. The Morgan fingerprint density at radius 3 is 1.17 bits per heavy atom. The quantitative estimate of drug-likeness (QED) is 0.476. The van der Waals surface area contributed by atoms with Gasteiger partial charge in [-0.05, 0) is 0 Å². The summed E-state index contributed by atoms with van der Waals surface area (Å²) in [7, 11) is 5.70. The minimum absolute atomic E-state index is 0. The van der Waals surface area contributed by atoms with Crippen molar-refractivity contribution in [3.05, 3.63) is 0 Å². The van der Waals surface area contributed by atoms with Crippen molar-refractivity contribution in [3.8, 4) is 0 Å². The van der Waals surface area contributed by atoms with Crippen LogP contribution in [-0.4, -0.2) is 0 Å². The first-order valence-electron chi connectivity index (χ1n) is 1.02. The molecule has 0 rings (SSSR count). The Morgan fingerprint density at radius 1 is 1.17 bits per heavy atom. The molecule has 0 aliphatic carbocycles. The molecule has 3 heteroatoms. The van der Waals surface area contributed by atoms with Crippen molar-refractivity contribution in [1.82, 2.24) is 0 Å². The van der Waals surface area contributed by atoms with E-state index >= 15 is 0 Å². The number of rotatable bonds is 0. The normalized spacial score (nSPS) is 12.7. The van der Waals surface area contributed by atoms with Gasteiger partial charge in [0.15, 0.2) is 0 Å². The third kappa shape index (κ3) is 50.9. The SMILES string of the molecule is P.[CH3][Au]([CH3])([CH3])[Cl]. The Labute approximate surface area is 50.6 Å². The van der Waals surface area contributed by atoms with Gasteiger partial charge in [0.25, 0.3) is 0 Å². The second-order valence-electron chi connectivity index (χ2n) is 1.25. The topological polar surface area (TPSA) is 0 Å². The zero-order valence-corrected chi connectivity index (χ0v) is 8.72. The van der Waals surface area contributed by atoms with E-state index in [0.717, 1.165) is 0 Å². The number of hydrogen-bond donors (Lipinski definition) is 0. The zero-order chi connectivity index (χ0) is 4.50. The van der Waals surface area contributed by atoms with Crippen molar-refractivity contribution in [2.75, 3.05) is 0 Å². The van der Waals surface area contributed by atoms with Crippen LogP contribution in [0.1, 0.15) is 0 Å². The standard InChI is InChI=1S/3CH3.Au.ClH.H3P/h3*1H3;;1H;1H3/q;;;+1;;/p-1. The summed E-state index contributed by atoms with van der Waals surface area (Å²) in [5.74, 6) is 0. The Morgan fingerprint density at radius 2 is 1.17 bits per heavy atom. The summed E-state index contributed by atoms with van der Waals surface area (Å²) < 4.78 is 0. The second-order valence-corrected chi connectivity index (χ2v) is 15.8. The molecule has 1 atom stereocenters. The third-order valence-corrected chi connectivity index (χ3v) is 0. The van der Waals surface area contributed by atoms with E-state index in [2.05, 4.69) is 15.4 Å². The fraction of sp³-hybridized carbons (Fsp3) is 1.00. The molecule has 0 aliphatic heterocycles. The van der Waals surface area contributed by atoms with Crippen LogP contribution in [-0.2, 0) is 16.0 Å². The van der Waals surface area contributed by atoms with E-state index in [9.17, 15) is 0 Å². The van der Waals surface area contributed by atoms with Gasteiger partial charge in [-0.15, -0.1) is 0 Å². The molecular weight excluding hydrogens is 299 g/mol. The van der Waals surface area contributed by atoms with Crippen LogP contribution >= 0.6 is 19.1 Å². The van der Waals surface area contributed by atoms with E-state index in [4.69, 9.17) is 9.19 Å². The number of halogens is 1. The van der Waals surface area contributed by atoms with Gasteiger partial charge in [0.1, 0.15) is 0 Å². The van der Waals surface area contributed by atoms with Crippen LogP contribution in [0.25, 0.3) is 0 Å². The molecule has 0 spiro atoms. The molecule has 1 unspecified atom stereocenters. The summed E-state index contributed by atoms with van der Waals surface area (Å²) in [6, 6.07) is 0. The molecule has 0 amide bonds. The molecule has 0 bridgehead atoms. The predicted molar refractivity (Wildman–Crippen MR) is 34.5 cm³/mol. The average Bonchev–Trinajstić information content (AvgIpc) is 0.722. The molecule has 0 fully saturated rings. The maximum absolute atomic E-state index is 5.70. The van der Waals surface area contributed by atoms with Crippen molar-refractivity contribution in [3.63, 3.8) is 0 Å². The van der Waals surface area contributed by atoms with Crippen molar-refractivity contribution in [1.29, 1.82) is 0 Å². The van der Waals surface area contributed by atoms with Gasteiger partial charge in [0, 0.05) is 0 Å².